The third-order valence-corrected chi connectivity index (χ3v) is 4.13. The molecule has 126 valence electrons. The lowest BCUT2D eigenvalue weighted by Crippen LogP contribution is -2.36. The van der Waals surface area contributed by atoms with Crippen molar-refractivity contribution in [3.63, 3.8) is 0 Å². The van der Waals surface area contributed by atoms with Crippen molar-refractivity contribution in [2.45, 2.75) is 19.8 Å². The SMILES string of the molecule is CCc1ccccc1NC(=O)C(=O)NCCc1ccc(Cl)cc1Cl. The number of hydrogen-bond acceptors (Lipinski definition) is 2. The third kappa shape index (κ3) is 4.98. The van der Waals surface area contributed by atoms with E-state index in [1.807, 2.05) is 25.1 Å². The van der Waals surface area contributed by atoms with Gasteiger partial charge in [-0.2, -0.15) is 0 Å². The fourth-order valence-electron chi connectivity index (χ4n) is 2.25. The van der Waals surface area contributed by atoms with Gasteiger partial charge in [-0.15, -0.1) is 0 Å². The summed E-state index contributed by atoms with van der Waals surface area (Å²) in [6.45, 7) is 2.30. The molecule has 4 nitrogen and oxygen atoms in total. The standard InChI is InChI=1S/C18H18Cl2N2O2/c1-2-12-5-3-4-6-16(12)22-18(24)17(23)21-10-9-13-7-8-14(19)11-15(13)20/h3-8,11H,2,9-10H2,1H3,(H,21,23)(H,22,24). The van der Waals surface area contributed by atoms with Crippen LogP contribution in [0.15, 0.2) is 42.5 Å². The molecule has 24 heavy (non-hydrogen) atoms. The molecule has 6 heteroatoms. The number of carbonyl (C=O) groups excluding carboxylic acids is 2. The molecule has 2 N–H and O–H groups in total. The van der Waals surface area contributed by atoms with Gasteiger partial charge in [0.15, 0.2) is 0 Å². The summed E-state index contributed by atoms with van der Waals surface area (Å²) < 4.78 is 0. The molecule has 0 unspecified atom stereocenters. The second kappa shape index (κ2) is 8.71. The van der Waals surface area contributed by atoms with E-state index in [2.05, 4.69) is 10.6 Å². The maximum absolute atomic E-state index is 12.0. The molecule has 2 amide bonds. The van der Waals surface area contributed by atoms with Gasteiger partial charge in [0.1, 0.15) is 0 Å². The van der Waals surface area contributed by atoms with Crippen molar-refractivity contribution in [1.82, 2.24) is 5.32 Å². The summed E-state index contributed by atoms with van der Waals surface area (Å²) >= 11 is 11.9. The Kier molecular flexibility index (Phi) is 6.64. The molecular weight excluding hydrogens is 347 g/mol. The highest BCUT2D eigenvalue weighted by molar-refractivity contribution is 6.39. The van der Waals surface area contributed by atoms with Crippen LogP contribution in [0.3, 0.4) is 0 Å². The Balaban J connectivity index is 1.87. The summed E-state index contributed by atoms with van der Waals surface area (Å²) in [5.74, 6) is -1.36. The zero-order chi connectivity index (χ0) is 17.5. The van der Waals surface area contributed by atoms with E-state index in [0.29, 0.717) is 28.7 Å². The molecule has 0 aliphatic carbocycles. The van der Waals surface area contributed by atoms with Gasteiger partial charge in [-0.3, -0.25) is 9.59 Å². The van der Waals surface area contributed by atoms with Crippen LogP contribution >= 0.6 is 23.2 Å². The first-order valence-corrected chi connectivity index (χ1v) is 8.38. The molecule has 2 aromatic carbocycles. The average molecular weight is 365 g/mol. The molecule has 0 radical (unpaired) electrons. The van der Waals surface area contributed by atoms with Crippen molar-refractivity contribution in [2.75, 3.05) is 11.9 Å². The Bertz CT molecular complexity index is 748. The monoisotopic (exact) mass is 364 g/mol. The lowest BCUT2D eigenvalue weighted by atomic mass is 10.1. The van der Waals surface area contributed by atoms with Crippen molar-refractivity contribution < 1.29 is 9.59 Å². The van der Waals surface area contributed by atoms with Gasteiger partial charge in [0.25, 0.3) is 0 Å². The van der Waals surface area contributed by atoms with Gasteiger partial charge < -0.3 is 10.6 Å². The van der Waals surface area contributed by atoms with Crippen molar-refractivity contribution in [3.05, 3.63) is 63.6 Å². The highest BCUT2D eigenvalue weighted by Crippen LogP contribution is 2.21. The summed E-state index contributed by atoms with van der Waals surface area (Å²) in [5.41, 5.74) is 2.49. The second-order valence-corrected chi connectivity index (χ2v) is 6.05. The first-order chi connectivity index (χ1) is 11.5. The van der Waals surface area contributed by atoms with E-state index in [9.17, 15) is 9.59 Å². The molecule has 0 heterocycles. The van der Waals surface area contributed by atoms with E-state index in [1.54, 1.807) is 24.3 Å². The first kappa shape index (κ1) is 18.3. The molecule has 0 aliphatic heterocycles. The summed E-state index contributed by atoms with van der Waals surface area (Å²) in [6.07, 6.45) is 1.29. The minimum absolute atomic E-state index is 0.309. The minimum atomic E-state index is -0.682. The number of nitrogens with one attached hydrogen (secondary N) is 2. The highest BCUT2D eigenvalue weighted by Gasteiger charge is 2.14. The Morgan fingerprint density at radius 3 is 2.46 bits per heavy atom. The normalized spacial score (nSPS) is 10.3. The molecule has 0 bridgehead atoms. The van der Waals surface area contributed by atoms with Gasteiger partial charge in [-0.1, -0.05) is 54.4 Å². The number of benzene rings is 2. The number of amides is 2. The van der Waals surface area contributed by atoms with Crippen LogP contribution in [0.1, 0.15) is 18.1 Å². The molecule has 0 atom stereocenters. The summed E-state index contributed by atoms with van der Waals surface area (Å²) in [7, 11) is 0. The first-order valence-electron chi connectivity index (χ1n) is 7.62. The molecule has 2 rings (SSSR count). The summed E-state index contributed by atoms with van der Waals surface area (Å²) in [5, 5.41) is 6.32. The molecule has 0 aliphatic rings. The maximum Gasteiger partial charge on any atom is 0.313 e. The molecule has 2 aromatic rings. The van der Waals surface area contributed by atoms with Gasteiger partial charge in [-0.25, -0.2) is 0 Å². The van der Waals surface area contributed by atoms with Crippen LogP contribution in [0, 0.1) is 0 Å². The lowest BCUT2D eigenvalue weighted by Gasteiger charge is -2.10. The molecule has 0 saturated carbocycles. The van der Waals surface area contributed by atoms with Gasteiger partial charge in [0.2, 0.25) is 0 Å². The maximum atomic E-state index is 12.0. The predicted octanol–water partition coefficient (Wildman–Crippen LogP) is 3.85. The number of rotatable bonds is 5. The predicted molar refractivity (Wildman–Crippen MR) is 97.6 cm³/mol. The number of aryl methyl sites for hydroxylation is 1. The lowest BCUT2D eigenvalue weighted by molar-refractivity contribution is -0.136. The average Bonchev–Trinajstić information content (AvgIpc) is 2.57. The Hall–Kier alpha value is -2.04. The number of hydrogen-bond donors (Lipinski definition) is 2. The number of anilines is 1. The van der Waals surface area contributed by atoms with E-state index < -0.39 is 11.8 Å². The second-order valence-electron chi connectivity index (χ2n) is 5.21. The smallest absolute Gasteiger partial charge is 0.313 e. The largest absolute Gasteiger partial charge is 0.347 e. The van der Waals surface area contributed by atoms with Crippen LogP contribution in [0.5, 0.6) is 0 Å². The third-order valence-electron chi connectivity index (χ3n) is 3.55. The van der Waals surface area contributed by atoms with Gasteiger partial charge in [-0.05, 0) is 42.2 Å². The number of para-hydroxylation sites is 1. The van der Waals surface area contributed by atoms with Crippen molar-refractivity contribution >= 4 is 40.7 Å². The zero-order valence-electron chi connectivity index (χ0n) is 13.2. The van der Waals surface area contributed by atoms with Crippen molar-refractivity contribution in [2.24, 2.45) is 0 Å². The Morgan fingerprint density at radius 2 is 1.75 bits per heavy atom. The fourth-order valence-corrected chi connectivity index (χ4v) is 2.75. The zero-order valence-corrected chi connectivity index (χ0v) is 14.7. The molecule has 0 saturated heterocycles. The van der Waals surface area contributed by atoms with E-state index in [4.69, 9.17) is 23.2 Å². The van der Waals surface area contributed by atoms with Crippen LogP contribution in [0.25, 0.3) is 0 Å². The van der Waals surface area contributed by atoms with Gasteiger partial charge >= 0.3 is 11.8 Å². The van der Waals surface area contributed by atoms with E-state index in [1.165, 1.54) is 0 Å². The number of carbonyl (C=O) groups is 2. The van der Waals surface area contributed by atoms with Crippen molar-refractivity contribution in [3.8, 4) is 0 Å². The van der Waals surface area contributed by atoms with Gasteiger partial charge in [0, 0.05) is 22.3 Å². The Morgan fingerprint density at radius 1 is 1.00 bits per heavy atom. The van der Waals surface area contributed by atoms with Crippen LogP contribution < -0.4 is 10.6 Å². The van der Waals surface area contributed by atoms with Crippen molar-refractivity contribution in [1.29, 1.82) is 0 Å². The van der Waals surface area contributed by atoms with Crippen LogP contribution in [-0.2, 0) is 22.4 Å². The number of halogens is 2. The van der Waals surface area contributed by atoms with E-state index in [0.717, 1.165) is 17.5 Å². The van der Waals surface area contributed by atoms with E-state index in [-0.39, 0.29) is 0 Å². The molecule has 0 spiro atoms. The Labute approximate surface area is 151 Å². The molecule has 0 fully saturated rings. The highest BCUT2D eigenvalue weighted by atomic mass is 35.5. The fraction of sp³-hybridized carbons (Fsp3) is 0.222. The molecular formula is C18H18Cl2N2O2. The molecule has 0 aromatic heterocycles. The quantitative estimate of drug-likeness (QED) is 0.791. The summed E-state index contributed by atoms with van der Waals surface area (Å²) in [4.78, 5) is 23.9. The van der Waals surface area contributed by atoms with Gasteiger partial charge in [0.05, 0.1) is 0 Å². The van der Waals surface area contributed by atoms with Crippen LogP contribution in [0.2, 0.25) is 10.0 Å². The minimum Gasteiger partial charge on any atom is -0.347 e. The van der Waals surface area contributed by atoms with Crippen LogP contribution in [0.4, 0.5) is 5.69 Å². The van der Waals surface area contributed by atoms with E-state index >= 15 is 0 Å². The summed E-state index contributed by atoms with van der Waals surface area (Å²) in [6, 6.07) is 12.6. The topological polar surface area (TPSA) is 58.2 Å². The van der Waals surface area contributed by atoms with Crippen LogP contribution in [-0.4, -0.2) is 18.4 Å².